The second-order valence-corrected chi connectivity index (χ2v) is 5.34. The Labute approximate surface area is 82.3 Å². The zero-order valence-corrected chi connectivity index (χ0v) is 8.64. The first kappa shape index (κ1) is 10.3. The molecule has 0 aliphatic heterocycles. The molecule has 1 aromatic rings. The summed E-state index contributed by atoms with van der Waals surface area (Å²) in [6.45, 7) is 1.47. The van der Waals surface area contributed by atoms with Crippen LogP contribution in [0, 0.1) is 0 Å². The summed E-state index contributed by atoms with van der Waals surface area (Å²) >= 11 is 0. The molecule has 1 aromatic carbocycles. The van der Waals surface area contributed by atoms with Crippen LogP contribution in [0.1, 0.15) is 12.5 Å². The van der Waals surface area contributed by atoms with Gasteiger partial charge in [0.15, 0.2) is 0 Å². The second-order valence-electron chi connectivity index (χ2n) is 2.60. The molecular weight excluding hydrogens is 208 g/mol. The first-order valence-electron chi connectivity index (χ1n) is 3.68. The van der Waals surface area contributed by atoms with Crippen LogP contribution in [-0.4, -0.2) is 8.42 Å². The molecule has 0 aliphatic rings. The third kappa shape index (κ3) is 3.20. The lowest BCUT2D eigenvalue weighted by Crippen LogP contribution is -1.89. The van der Waals surface area contributed by atoms with Crippen molar-refractivity contribution in [3.63, 3.8) is 0 Å². The third-order valence-electron chi connectivity index (χ3n) is 1.55. The molecule has 0 atom stereocenters. The van der Waals surface area contributed by atoms with Gasteiger partial charge in [-0.05, 0) is 18.6 Å². The first-order chi connectivity index (χ1) is 6.00. The van der Waals surface area contributed by atoms with Gasteiger partial charge in [-0.2, -0.15) is 0 Å². The van der Waals surface area contributed by atoms with Crippen LogP contribution in [-0.2, 0) is 9.05 Å². The Morgan fingerprint density at radius 2 is 1.85 bits per heavy atom. The van der Waals surface area contributed by atoms with Gasteiger partial charge in [-0.15, -0.1) is 0 Å². The molecule has 0 aromatic heterocycles. The molecule has 0 N–H and O–H groups in total. The Morgan fingerprint density at radius 1 is 1.31 bits per heavy atom. The Kier molecular flexibility index (Phi) is 3.12. The summed E-state index contributed by atoms with van der Waals surface area (Å²) < 4.78 is 21.7. The zero-order chi connectivity index (χ0) is 9.90. The number of hydrogen-bond acceptors (Lipinski definition) is 2. The largest absolute Gasteiger partial charge is 0.257 e. The highest BCUT2D eigenvalue weighted by atomic mass is 35.7. The SMILES string of the molecule is CC(=Cc1ccccc1)S(=O)(=O)Cl. The van der Waals surface area contributed by atoms with Gasteiger partial charge in [0, 0.05) is 10.7 Å². The highest BCUT2D eigenvalue weighted by Gasteiger charge is 2.07. The molecule has 0 heterocycles. The molecule has 0 spiro atoms. The van der Waals surface area contributed by atoms with Gasteiger partial charge < -0.3 is 0 Å². The van der Waals surface area contributed by atoms with Crippen molar-refractivity contribution in [1.29, 1.82) is 0 Å². The Morgan fingerprint density at radius 3 is 2.31 bits per heavy atom. The van der Waals surface area contributed by atoms with Crippen LogP contribution in [0.25, 0.3) is 6.08 Å². The van der Waals surface area contributed by atoms with Crippen LogP contribution in [0.5, 0.6) is 0 Å². The molecule has 4 heteroatoms. The van der Waals surface area contributed by atoms with Gasteiger partial charge in [-0.3, -0.25) is 0 Å². The summed E-state index contributed by atoms with van der Waals surface area (Å²) in [4.78, 5) is 0.153. The Balaban J connectivity index is 3.04. The summed E-state index contributed by atoms with van der Waals surface area (Å²) in [6.07, 6.45) is 1.53. The summed E-state index contributed by atoms with van der Waals surface area (Å²) in [5, 5.41) is 0. The number of halogens is 1. The van der Waals surface area contributed by atoms with E-state index in [2.05, 4.69) is 0 Å². The van der Waals surface area contributed by atoms with Crippen LogP contribution < -0.4 is 0 Å². The third-order valence-corrected chi connectivity index (χ3v) is 3.17. The lowest BCUT2D eigenvalue weighted by atomic mass is 10.2. The monoisotopic (exact) mass is 216 g/mol. The van der Waals surface area contributed by atoms with Crippen LogP contribution in [0.2, 0.25) is 0 Å². The van der Waals surface area contributed by atoms with Gasteiger partial charge in [-0.1, -0.05) is 30.3 Å². The predicted molar refractivity (Wildman–Crippen MR) is 54.9 cm³/mol. The average molecular weight is 217 g/mol. The molecule has 0 unspecified atom stereocenters. The smallest absolute Gasteiger partial charge is 0.207 e. The molecule has 70 valence electrons. The first-order valence-corrected chi connectivity index (χ1v) is 5.99. The Bertz CT molecular complexity index is 407. The standard InChI is InChI=1S/C9H9ClO2S/c1-8(13(10,11)12)7-9-5-3-2-4-6-9/h2-7H,1H3. The minimum absolute atomic E-state index is 0.153. The van der Waals surface area contributed by atoms with Crippen molar-refractivity contribution in [2.45, 2.75) is 6.92 Å². The van der Waals surface area contributed by atoms with Crippen LogP contribution in [0.4, 0.5) is 0 Å². The summed E-state index contributed by atoms with van der Waals surface area (Å²) in [7, 11) is 1.57. The molecule has 0 amide bonds. The minimum atomic E-state index is -3.57. The van der Waals surface area contributed by atoms with Gasteiger partial charge >= 0.3 is 0 Å². The predicted octanol–water partition coefficient (Wildman–Crippen LogP) is 2.62. The quantitative estimate of drug-likeness (QED) is 0.713. The lowest BCUT2D eigenvalue weighted by molar-refractivity contribution is 0.615. The molecule has 0 fully saturated rings. The van der Waals surface area contributed by atoms with Crippen molar-refractivity contribution in [1.82, 2.24) is 0 Å². The summed E-state index contributed by atoms with van der Waals surface area (Å²) in [5.74, 6) is 0. The maximum absolute atomic E-state index is 10.8. The average Bonchev–Trinajstić information content (AvgIpc) is 2.04. The second kappa shape index (κ2) is 3.94. The number of hydrogen-bond donors (Lipinski definition) is 0. The lowest BCUT2D eigenvalue weighted by Gasteiger charge is -1.95. The minimum Gasteiger partial charge on any atom is -0.207 e. The van der Waals surface area contributed by atoms with Gasteiger partial charge in [0.05, 0.1) is 4.91 Å². The van der Waals surface area contributed by atoms with Crippen molar-refractivity contribution >= 4 is 25.8 Å². The maximum Gasteiger partial charge on any atom is 0.257 e. The highest BCUT2D eigenvalue weighted by Crippen LogP contribution is 2.14. The van der Waals surface area contributed by atoms with Gasteiger partial charge in [0.25, 0.3) is 9.05 Å². The van der Waals surface area contributed by atoms with E-state index in [0.29, 0.717) is 0 Å². The van der Waals surface area contributed by atoms with E-state index < -0.39 is 9.05 Å². The van der Waals surface area contributed by atoms with E-state index in [4.69, 9.17) is 10.7 Å². The maximum atomic E-state index is 10.8. The van der Waals surface area contributed by atoms with Crippen molar-refractivity contribution < 1.29 is 8.42 Å². The number of benzene rings is 1. The van der Waals surface area contributed by atoms with Crippen LogP contribution >= 0.6 is 10.7 Å². The van der Waals surface area contributed by atoms with Crippen molar-refractivity contribution in [2.24, 2.45) is 0 Å². The topological polar surface area (TPSA) is 34.1 Å². The van der Waals surface area contributed by atoms with E-state index >= 15 is 0 Å². The summed E-state index contributed by atoms with van der Waals surface area (Å²) in [6, 6.07) is 9.15. The van der Waals surface area contributed by atoms with E-state index in [-0.39, 0.29) is 4.91 Å². The summed E-state index contributed by atoms with van der Waals surface area (Å²) in [5.41, 5.74) is 0.823. The zero-order valence-electron chi connectivity index (χ0n) is 7.07. The van der Waals surface area contributed by atoms with Gasteiger partial charge in [-0.25, -0.2) is 8.42 Å². The van der Waals surface area contributed by atoms with E-state index in [1.54, 1.807) is 0 Å². The van der Waals surface area contributed by atoms with Crippen molar-refractivity contribution in [3.8, 4) is 0 Å². The molecule has 0 radical (unpaired) electrons. The Hall–Kier alpha value is -0.800. The molecule has 0 aliphatic carbocycles. The van der Waals surface area contributed by atoms with E-state index in [1.165, 1.54) is 13.0 Å². The number of allylic oxidation sites excluding steroid dienone is 1. The van der Waals surface area contributed by atoms with Gasteiger partial charge in [0.1, 0.15) is 0 Å². The molecular formula is C9H9ClO2S. The fourth-order valence-electron chi connectivity index (χ4n) is 0.854. The van der Waals surface area contributed by atoms with Crippen molar-refractivity contribution in [2.75, 3.05) is 0 Å². The molecule has 2 nitrogen and oxygen atoms in total. The van der Waals surface area contributed by atoms with E-state index in [0.717, 1.165) is 5.56 Å². The van der Waals surface area contributed by atoms with E-state index in [1.807, 2.05) is 30.3 Å². The normalized spacial score (nSPS) is 12.9. The van der Waals surface area contributed by atoms with E-state index in [9.17, 15) is 8.42 Å². The molecule has 13 heavy (non-hydrogen) atoms. The van der Waals surface area contributed by atoms with Crippen molar-refractivity contribution in [3.05, 3.63) is 40.8 Å². The number of rotatable bonds is 2. The molecule has 0 saturated heterocycles. The molecule has 0 bridgehead atoms. The fraction of sp³-hybridized carbons (Fsp3) is 0.111. The van der Waals surface area contributed by atoms with Crippen LogP contribution in [0.15, 0.2) is 35.2 Å². The fourth-order valence-corrected chi connectivity index (χ4v) is 1.26. The highest BCUT2D eigenvalue weighted by molar-refractivity contribution is 8.16. The molecule has 0 saturated carbocycles. The van der Waals surface area contributed by atoms with Crippen LogP contribution in [0.3, 0.4) is 0 Å². The molecule has 1 rings (SSSR count). The van der Waals surface area contributed by atoms with Gasteiger partial charge in [0.2, 0.25) is 0 Å².